The molecule has 1 unspecified atom stereocenters. The van der Waals surface area contributed by atoms with Gasteiger partial charge in [0.2, 0.25) is 0 Å². The van der Waals surface area contributed by atoms with E-state index in [4.69, 9.17) is 4.42 Å². The van der Waals surface area contributed by atoms with Crippen LogP contribution >= 0.6 is 0 Å². The number of hydrogen-bond donors (Lipinski definition) is 0. The highest BCUT2D eigenvalue weighted by atomic mass is 19.1. The van der Waals surface area contributed by atoms with Gasteiger partial charge in [-0.05, 0) is 63.4 Å². The first-order valence-electron chi connectivity index (χ1n) is 9.77. The Balaban J connectivity index is 1.42. The molecule has 144 valence electrons. The SMILES string of the molecule is Cc1cc(C(=O)N2CCC3(CCCN(Cc4ccc(F)cc4)C3)C2)c(C)o1. The summed E-state index contributed by atoms with van der Waals surface area (Å²) in [6, 6.07) is 8.64. The molecule has 0 bridgehead atoms. The average molecular weight is 370 g/mol. The van der Waals surface area contributed by atoms with Crippen LogP contribution in [0.1, 0.15) is 46.7 Å². The van der Waals surface area contributed by atoms with Crippen molar-refractivity contribution in [1.29, 1.82) is 0 Å². The predicted octanol–water partition coefficient (Wildman–Crippen LogP) is 4.16. The predicted molar refractivity (Wildman–Crippen MR) is 102 cm³/mol. The summed E-state index contributed by atoms with van der Waals surface area (Å²) >= 11 is 0. The average Bonchev–Trinajstić information content (AvgIpc) is 3.19. The number of aryl methyl sites for hydroxylation is 2. The Morgan fingerprint density at radius 2 is 1.93 bits per heavy atom. The molecule has 2 saturated heterocycles. The summed E-state index contributed by atoms with van der Waals surface area (Å²) < 4.78 is 18.7. The van der Waals surface area contributed by atoms with Gasteiger partial charge in [0.05, 0.1) is 5.56 Å². The lowest BCUT2D eigenvalue weighted by Crippen LogP contribution is -2.45. The van der Waals surface area contributed by atoms with Crippen LogP contribution in [0, 0.1) is 25.1 Å². The molecule has 0 N–H and O–H groups in total. The van der Waals surface area contributed by atoms with E-state index in [9.17, 15) is 9.18 Å². The topological polar surface area (TPSA) is 36.7 Å². The van der Waals surface area contributed by atoms with Gasteiger partial charge < -0.3 is 9.32 Å². The number of hydrogen-bond acceptors (Lipinski definition) is 3. The van der Waals surface area contributed by atoms with Crippen LogP contribution in [0.25, 0.3) is 0 Å². The zero-order valence-electron chi connectivity index (χ0n) is 16.1. The third-order valence-electron chi connectivity index (χ3n) is 6.06. The first-order chi connectivity index (χ1) is 12.9. The fraction of sp³-hybridized carbons (Fsp3) is 0.500. The lowest BCUT2D eigenvalue weighted by Gasteiger charge is -2.40. The Morgan fingerprint density at radius 3 is 2.63 bits per heavy atom. The van der Waals surface area contributed by atoms with E-state index in [1.165, 1.54) is 18.6 Å². The fourth-order valence-electron chi connectivity index (χ4n) is 4.75. The molecule has 1 amide bonds. The number of likely N-dealkylation sites (tertiary alicyclic amines) is 2. The van der Waals surface area contributed by atoms with Crippen LogP contribution in [-0.4, -0.2) is 41.9 Å². The molecule has 0 radical (unpaired) electrons. The maximum atomic E-state index is 13.1. The van der Waals surface area contributed by atoms with Crippen LogP contribution in [0.5, 0.6) is 0 Å². The molecule has 1 aromatic carbocycles. The van der Waals surface area contributed by atoms with Crippen LogP contribution in [0.3, 0.4) is 0 Å². The van der Waals surface area contributed by atoms with Crippen LogP contribution < -0.4 is 0 Å². The molecule has 4 nitrogen and oxygen atoms in total. The third-order valence-corrected chi connectivity index (χ3v) is 6.06. The Labute approximate surface area is 159 Å². The number of benzene rings is 1. The molecular weight excluding hydrogens is 343 g/mol. The van der Waals surface area contributed by atoms with Crippen molar-refractivity contribution < 1.29 is 13.6 Å². The van der Waals surface area contributed by atoms with Crippen molar-refractivity contribution in [2.75, 3.05) is 26.2 Å². The summed E-state index contributed by atoms with van der Waals surface area (Å²) in [6.07, 6.45) is 3.36. The lowest BCUT2D eigenvalue weighted by molar-refractivity contribution is 0.0674. The van der Waals surface area contributed by atoms with E-state index >= 15 is 0 Å². The van der Waals surface area contributed by atoms with E-state index in [0.29, 0.717) is 11.3 Å². The van der Waals surface area contributed by atoms with Crippen LogP contribution in [0.15, 0.2) is 34.7 Å². The molecule has 3 heterocycles. The molecule has 27 heavy (non-hydrogen) atoms. The monoisotopic (exact) mass is 370 g/mol. The van der Waals surface area contributed by atoms with Gasteiger partial charge in [0.15, 0.2) is 0 Å². The first kappa shape index (κ1) is 18.2. The summed E-state index contributed by atoms with van der Waals surface area (Å²) in [5.41, 5.74) is 2.02. The molecule has 1 spiro atoms. The quantitative estimate of drug-likeness (QED) is 0.814. The van der Waals surface area contributed by atoms with Gasteiger partial charge in [-0.3, -0.25) is 9.69 Å². The molecule has 2 aromatic rings. The smallest absolute Gasteiger partial charge is 0.257 e. The van der Waals surface area contributed by atoms with Crippen molar-refractivity contribution >= 4 is 5.91 Å². The molecule has 2 aliphatic rings. The second-order valence-corrected chi connectivity index (χ2v) is 8.24. The Bertz CT molecular complexity index is 829. The second kappa shape index (κ2) is 7.12. The van der Waals surface area contributed by atoms with Crippen molar-refractivity contribution in [3.63, 3.8) is 0 Å². The standard InChI is InChI=1S/C22H27FN2O2/c1-16-12-20(17(2)27-16)21(26)25-11-9-22(15-25)8-3-10-24(14-22)13-18-4-6-19(23)7-5-18/h4-7,12H,3,8-11,13-15H2,1-2H3. The minimum absolute atomic E-state index is 0.0943. The minimum atomic E-state index is -0.191. The summed E-state index contributed by atoms with van der Waals surface area (Å²) in [4.78, 5) is 17.4. The van der Waals surface area contributed by atoms with Gasteiger partial charge in [-0.1, -0.05) is 12.1 Å². The molecule has 1 atom stereocenters. The highest BCUT2D eigenvalue weighted by molar-refractivity contribution is 5.95. The maximum absolute atomic E-state index is 13.1. The number of amides is 1. The van der Waals surface area contributed by atoms with Crippen molar-refractivity contribution in [2.45, 2.75) is 39.7 Å². The van der Waals surface area contributed by atoms with E-state index in [0.717, 1.165) is 56.9 Å². The Kier molecular flexibility index (Phi) is 4.81. The third kappa shape index (κ3) is 3.79. The van der Waals surface area contributed by atoms with Gasteiger partial charge in [-0.15, -0.1) is 0 Å². The maximum Gasteiger partial charge on any atom is 0.257 e. The van der Waals surface area contributed by atoms with Crippen molar-refractivity contribution in [2.24, 2.45) is 5.41 Å². The van der Waals surface area contributed by atoms with Gasteiger partial charge in [0, 0.05) is 31.6 Å². The van der Waals surface area contributed by atoms with Crippen LogP contribution in [0.2, 0.25) is 0 Å². The highest BCUT2D eigenvalue weighted by Crippen LogP contribution is 2.40. The largest absolute Gasteiger partial charge is 0.466 e. The molecule has 0 aliphatic carbocycles. The molecular formula is C22H27FN2O2. The normalized spacial score (nSPS) is 23.3. The molecule has 1 aromatic heterocycles. The van der Waals surface area contributed by atoms with Crippen molar-refractivity contribution in [3.05, 3.63) is 58.8 Å². The van der Waals surface area contributed by atoms with Gasteiger partial charge in [-0.2, -0.15) is 0 Å². The number of carbonyl (C=O) groups excluding carboxylic acids is 1. The van der Waals surface area contributed by atoms with Gasteiger partial charge in [-0.25, -0.2) is 4.39 Å². The summed E-state index contributed by atoms with van der Waals surface area (Å²) in [5.74, 6) is 1.40. The zero-order valence-corrected chi connectivity index (χ0v) is 16.1. The molecule has 2 fully saturated rings. The number of halogens is 1. The summed E-state index contributed by atoms with van der Waals surface area (Å²) in [5, 5.41) is 0. The van der Waals surface area contributed by atoms with Crippen molar-refractivity contribution in [1.82, 2.24) is 9.80 Å². The number of carbonyl (C=O) groups is 1. The van der Waals surface area contributed by atoms with Gasteiger partial charge >= 0.3 is 0 Å². The van der Waals surface area contributed by atoms with E-state index in [1.54, 1.807) is 0 Å². The van der Waals surface area contributed by atoms with Gasteiger partial charge in [0.25, 0.3) is 5.91 Å². The van der Waals surface area contributed by atoms with Crippen molar-refractivity contribution in [3.8, 4) is 0 Å². The lowest BCUT2D eigenvalue weighted by atomic mass is 9.79. The Morgan fingerprint density at radius 1 is 1.15 bits per heavy atom. The van der Waals surface area contributed by atoms with Gasteiger partial charge in [0.1, 0.15) is 17.3 Å². The molecule has 4 rings (SSSR count). The van der Waals surface area contributed by atoms with E-state index in [2.05, 4.69) is 4.90 Å². The number of nitrogens with zero attached hydrogens (tertiary/aromatic N) is 2. The summed E-state index contributed by atoms with van der Waals surface area (Å²) in [7, 11) is 0. The number of rotatable bonds is 3. The highest BCUT2D eigenvalue weighted by Gasteiger charge is 2.43. The minimum Gasteiger partial charge on any atom is -0.466 e. The van der Waals surface area contributed by atoms with E-state index < -0.39 is 0 Å². The molecule has 2 aliphatic heterocycles. The number of piperidine rings is 1. The van der Waals surface area contributed by atoms with E-state index in [-0.39, 0.29) is 17.1 Å². The van der Waals surface area contributed by atoms with E-state index in [1.807, 2.05) is 36.9 Å². The van der Waals surface area contributed by atoms with Crippen LogP contribution in [-0.2, 0) is 6.54 Å². The molecule has 0 saturated carbocycles. The van der Waals surface area contributed by atoms with Crippen LogP contribution in [0.4, 0.5) is 4.39 Å². The fourth-order valence-corrected chi connectivity index (χ4v) is 4.75. The Hall–Kier alpha value is -2.14. The number of furan rings is 1. The zero-order chi connectivity index (χ0) is 19.0. The first-order valence-corrected chi connectivity index (χ1v) is 9.77. The molecule has 5 heteroatoms. The second-order valence-electron chi connectivity index (χ2n) is 8.24. The summed E-state index contributed by atoms with van der Waals surface area (Å²) in [6.45, 7) is 8.27.